The molecule has 8 heteroatoms. The Kier molecular flexibility index (Phi) is 6.72. The molecule has 0 atom stereocenters. The molecule has 7 nitrogen and oxygen atoms in total. The SMILES string of the molecule is CCOC(=O)/C(NC=O)=C(\C)P(=O)(OC)OC. The Labute approximate surface area is 99.6 Å². The number of carbonyl (C=O) groups is 2. The highest BCUT2D eigenvalue weighted by molar-refractivity contribution is 7.58. The van der Waals surface area contributed by atoms with E-state index in [4.69, 9.17) is 13.8 Å². The summed E-state index contributed by atoms with van der Waals surface area (Å²) in [6.45, 7) is 3.09. The minimum atomic E-state index is -3.58. The highest BCUT2D eigenvalue weighted by Gasteiger charge is 2.30. The van der Waals surface area contributed by atoms with Crippen molar-refractivity contribution in [1.29, 1.82) is 0 Å². The molecule has 17 heavy (non-hydrogen) atoms. The number of hydrogen-bond acceptors (Lipinski definition) is 6. The molecule has 0 spiro atoms. The molecule has 0 aliphatic heterocycles. The summed E-state index contributed by atoms with van der Waals surface area (Å²) in [5.41, 5.74) is -0.242. The average molecular weight is 265 g/mol. The van der Waals surface area contributed by atoms with Gasteiger partial charge in [-0.25, -0.2) is 4.79 Å². The maximum Gasteiger partial charge on any atom is 0.358 e. The fourth-order valence-corrected chi connectivity index (χ4v) is 2.19. The van der Waals surface area contributed by atoms with E-state index in [0.29, 0.717) is 0 Å². The van der Waals surface area contributed by atoms with Gasteiger partial charge in [0.05, 0.1) is 11.9 Å². The number of carbonyl (C=O) groups excluding carboxylic acids is 2. The van der Waals surface area contributed by atoms with Crippen LogP contribution in [0.1, 0.15) is 13.8 Å². The van der Waals surface area contributed by atoms with Gasteiger partial charge in [-0.15, -0.1) is 0 Å². The lowest BCUT2D eigenvalue weighted by molar-refractivity contribution is -0.139. The van der Waals surface area contributed by atoms with Crippen LogP contribution in [0.15, 0.2) is 11.0 Å². The summed E-state index contributed by atoms with van der Waals surface area (Å²) >= 11 is 0. The fourth-order valence-electron chi connectivity index (χ4n) is 1.06. The number of rotatable bonds is 7. The van der Waals surface area contributed by atoms with E-state index < -0.39 is 13.6 Å². The number of nitrogens with one attached hydrogen (secondary N) is 1. The monoisotopic (exact) mass is 265 g/mol. The van der Waals surface area contributed by atoms with Crippen LogP contribution in [-0.2, 0) is 27.9 Å². The molecule has 0 aliphatic rings. The van der Waals surface area contributed by atoms with Crippen molar-refractivity contribution in [2.75, 3.05) is 20.8 Å². The van der Waals surface area contributed by atoms with Crippen LogP contribution in [0.3, 0.4) is 0 Å². The Bertz CT molecular complexity index is 356. The largest absolute Gasteiger partial charge is 0.461 e. The molecule has 0 bridgehead atoms. The third-order valence-electron chi connectivity index (χ3n) is 1.94. The lowest BCUT2D eigenvalue weighted by atomic mass is 10.4. The van der Waals surface area contributed by atoms with Gasteiger partial charge in [0.25, 0.3) is 0 Å². The van der Waals surface area contributed by atoms with Crippen LogP contribution in [0.4, 0.5) is 0 Å². The smallest absolute Gasteiger partial charge is 0.358 e. The zero-order valence-electron chi connectivity index (χ0n) is 10.2. The zero-order valence-corrected chi connectivity index (χ0v) is 11.1. The highest BCUT2D eigenvalue weighted by atomic mass is 31.2. The average Bonchev–Trinajstić information content (AvgIpc) is 2.34. The van der Waals surface area contributed by atoms with E-state index in [1.54, 1.807) is 6.92 Å². The molecule has 0 rings (SSSR count). The topological polar surface area (TPSA) is 90.9 Å². The fraction of sp³-hybridized carbons (Fsp3) is 0.556. The van der Waals surface area contributed by atoms with Gasteiger partial charge in [0.1, 0.15) is 5.70 Å². The van der Waals surface area contributed by atoms with Gasteiger partial charge < -0.3 is 19.1 Å². The molecule has 1 N–H and O–H groups in total. The van der Waals surface area contributed by atoms with E-state index in [1.807, 2.05) is 0 Å². The quantitative estimate of drug-likeness (QED) is 0.320. The van der Waals surface area contributed by atoms with Crippen molar-refractivity contribution in [2.24, 2.45) is 0 Å². The summed E-state index contributed by atoms with van der Waals surface area (Å²) < 4.78 is 26.2. The van der Waals surface area contributed by atoms with Crippen LogP contribution in [0.5, 0.6) is 0 Å². The summed E-state index contributed by atoms with van der Waals surface area (Å²) in [4.78, 5) is 21.9. The summed E-state index contributed by atoms with van der Waals surface area (Å²) in [7, 11) is -1.22. The van der Waals surface area contributed by atoms with Crippen molar-refractivity contribution in [1.82, 2.24) is 5.32 Å². The second-order valence-electron chi connectivity index (χ2n) is 2.81. The Hall–Kier alpha value is -1.17. The minimum absolute atomic E-state index is 0.0203. The van der Waals surface area contributed by atoms with E-state index in [1.165, 1.54) is 21.1 Å². The maximum atomic E-state index is 12.0. The van der Waals surface area contributed by atoms with Crippen molar-refractivity contribution >= 4 is 20.0 Å². The van der Waals surface area contributed by atoms with Gasteiger partial charge >= 0.3 is 13.6 Å². The summed E-state index contributed by atoms with van der Waals surface area (Å²) in [6.07, 6.45) is 0.283. The van der Waals surface area contributed by atoms with Crippen LogP contribution < -0.4 is 5.32 Å². The Morgan fingerprint density at radius 1 is 1.35 bits per heavy atom. The van der Waals surface area contributed by atoms with Crippen LogP contribution in [0.2, 0.25) is 0 Å². The zero-order chi connectivity index (χ0) is 13.5. The van der Waals surface area contributed by atoms with Crippen LogP contribution >= 0.6 is 7.60 Å². The summed E-state index contributed by atoms with van der Waals surface area (Å²) in [5, 5.41) is 2.11. The molecule has 0 aromatic rings. The van der Waals surface area contributed by atoms with E-state index in [0.717, 1.165) is 0 Å². The predicted molar refractivity (Wildman–Crippen MR) is 60.2 cm³/mol. The Morgan fingerprint density at radius 2 is 1.88 bits per heavy atom. The van der Waals surface area contributed by atoms with E-state index in [9.17, 15) is 14.2 Å². The molecule has 0 heterocycles. The third kappa shape index (κ3) is 3.96. The van der Waals surface area contributed by atoms with E-state index >= 15 is 0 Å². The van der Waals surface area contributed by atoms with E-state index in [-0.39, 0.29) is 24.0 Å². The number of amides is 1. The lowest BCUT2D eigenvalue weighted by Crippen LogP contribution is -2.23. The van der Waals surface area contributed by atoms with Crippen molar-refractivity contribution in [2.45, 2.75) is 13.8 Å². The van der Waals surface area contributed by atoms with Crippen LogP contribution in [0, 0.1) is 0 Å². The molecule has 0 aromatic carbocycles. The van der Waals surface area contributed by atoms with Crippen molar-refractivity contribution in [3.63, 3.8) is 0 Å². The first-order chi connectivity index (χ1) is 7.96. The van der Waals surface area contributed by atoms with Crippen molar-refractivity contribution < 1.29 is 27.9 Å². The van der Waals surface area contributed by atoms with Gasteiger partial charge in [0.15, 0.2) is 0 Å². The molecule has 98 valence electrons. The van der Waals surface area contributed by atoms with Crippen LogP contribution in [0.25, 0.3) is 0 Å². The Balaban J connectivity index is 5.45. The molecular weight excluding hydrogens is 249 g/mol. The minimum Gasteiger partial charge on any atom is -0.461 e. The summed E-state index contributed by atoms with van der Waals surface area (Å²) in [5.74, 6) is -0.800. The van der Waals surface area contributed by atoms with Gasteiger partial charge in [-0.3, -0.25) is 9.36 Å². The van der Waals surface area contributed by atoms with Gasteiger partial charge in [0, 0.05) is 14.2 Å². The van der Waals surface area contributed by atoms with Crippen LogP contribution in [-0.4, -0.2) is 33.2 Å². The molecule has 0 aromatic heterocycles. The molecule has 0 radical (unpaired) electrons. The molecule has 0 aliphatic carbocycles. The number of hydrogen-bond donors (Lipinski definition) is 1. The first kappa shape index (κ1) is 15.8. The second kappa shape index (κ2) is 7.21. The maximum absolute atomic E-state index is 12.0. The second-order valence-corrected chi connectivity index (χ2v) is 5.20. The van der Waals surface area contributed by atoms with Crippen molar-refractivity contribution in [3.8, 4) is 0 Å². The van der Waals surface area contributed by atoms with Gasteiger partial charge in [-0.1, -0.05) is 0 Å². The highest BCUT2D eigenvalue weighted by Crippen LogP contribution is 2.55. The standard InChI is InChI=1S/C9H16NO6P/c1-5-16-9(12)8(10-6-11)7(2)17(13,14-3)15-4/h6H,5H2,1-4H3,(H,10,11)/b8-7-. The number of esters is 1. The predicted octanol–water partition coefficient (Wildman–Crippen LogP) is 1.01. The third-order valence-corrected chi connectivity index (χ3v) is 3.94. The van der Waals surface area contributed by atoms with Gasteiger partial charge in [-0.05, 0) is 13.8 Å². The van der Waals surface area contributed by atoms with Gasteiger partial charge in [-0.2, -0.15) is 0 Å². The normalized spacial score (nSPS) is 12.7. The molecule has 0 fully saturated rings. The number of allylic oxidation sites excluding steroid dienone is 1. The number of ether oxygens (including phenoxy) is 1. The molecule has 1 amide bonds. The lowest BCUT2D eigenvalue weighted by Gasteiger charge is -2.17. The van der Waals surface area contributed by atoms with Crippen molar-refractivity contribution in [3.05, 3.63) is 11.0 Å². The molecule has 0 saturated heterocycles. The molecule has 0 saturated carbocycles. The molecule has 0 unspecified atom stereocenters. The first-order valence-electron chi connectivity index (χ1n) is 4.77. The summed E-state index contributed by atoms with van der Waals surface area (Å²) in [6, 6.07) is 0. The van der Waals surface area contributed by atoms with E-state index in [2.05, 4.69) is 5.32 Å². The Morgan fingerprint density at radius 3 is 2.24 bits per heavy atom. The van der Waals surface area contributed by atoms with Gasteiger partial charge in [0.2, 0.25) is 6.41 Å². The first-order valence-corrected chi connectivity index (χ1v) is 6.31. The molecular formula is C9H16NO6P.